The maximum Gasteiger partial charge on any atom is 0.241 e. The lowest BCUT2D eigenvalue weighted by atomic mass is 9.86. The molecule has 27 heavy (non-hydrogen) atoms. The molecule has 0 atom stereocenters. The molecule has 7 nitrogen and oxygen atoms in total. The number of hydrogen-bond acceptors (Lipinski definition) is 6. The number of anilines is 1. The Kier molecular flexibility index (Phi) is 3.75. The van der Waals surface area contributed by atoms with Crippen molar-refractivity contribution < 1.29 is 0 Å². The monoisotopic (exact) mass is 359 g/mol. The number of nitrogens with zero attached hydrogens (tertiary/aromatic N) is 6. The zero-order valence-electron chi connectivity index (χ0n) is 15.4. The Morgan fingerprint density at radius 1 is 1.11 bits per heavy atom. The first-order valence-corrected chi connectivity index (χ1v) is 9.16. The molecule has 0 aliphatic heterocycles. The molecule has 0 saturated heterocycles. The van der Waals surface area contributed by atoms with Crippen LogP contribution in [0, 0.1) is 0 Å². The van der Waals surface area contributed by atoms with E-state index >= 15 is 0 Å². The van der Waals surface area contributed by atoms with E-state index in [1.165, 1.54) is 0 Å². The average Bonchev–Trinajstić information content (AvgIpc) is 3.07. The van der Waals surface area contributed by atoms with Gasteiger partial charge in [0.1, 0.15) is 0 Å². The topological polar surface area (TPSA) is 71.2 Å². The number of hydrogen-bond donors (Lipinski definition) is 1. The zero-order valence-corrected chi connectivity index (χ0v) is 15.4. The van der Waals surface area contributed by atoms with Crippen molar-refractivity contribution >= 4 is 22.5 Å². The number of aromatic nitrogens is 5. The van der Waals surface area contributed by atoms with Crippen molar-refractivity contribution in [1.82, 2.24) is 29.5 Å². The number of nitrogens with one attached hydrogen (secondary N) is 1. The molecule has 0 bridgehead atoms. The van der Waals surface area contributed by atoms with Gasteiger partial charge in [-0.3, -0.25) is 0 Å². The summed E-state index contributed by atoms with van der Waals surface area (Å²) in [5, 5.41) is 9.08. The van der Waals surface area contributed by atoms with Gasteiger partial charge in [0.15, 0.2) is 5.65 Å². The summed E-state index contributed by atoms with van der Waals surface area (Å²) < 4.78 is 1.88. The van der Waals surface area contributed by atoms with Crippen molar-refractivity contribution in [2.45, 2.75) is 24.9 Å². The van der Waals surface area contributed by atoms with Crippen molar-refractivity contribution in [3.8, 4) is 11.1 Å². The van der Waals surface area contributed by atoms with Crippen molar-refractivity contribution in [3.05, 3.63) is 49.1 Å². The summed E-state index contributed by atoms with van der Waals surface area (Å²) in [6.45, 7) is 0. The van der Waals surface area contributed by atoms with Gasteiger partial charge in [0.05, 0.1) is 11.7 Å². The van der Waals surface area contributed by atoms with Gasteiger partial charge in [-0.25, -0.2) is 19.5 Å². The molecule has 7 heteroatoms. The van der Waals surface area contributed by atoms with E-state index < -0.39 is 0 Å². The lowest BCUT2D eigenvalue weighted by Crippen LogP contribution is -2.47. The van der Waals surface area contributed by atoms with Crippen molar-refractivity contribution in [1.29, 1.82) is 0 Å². The molecule has 4 aromatic rings. The van der Waals surface area contributed by atoms with E-state index in [0.717, 1.165) is 40.5 Å². The van der Waals surface area contributed by atoms with Crippen LogP contribution in [0.1, 0.15) is 12.8 Å². The molecular weight excluding hydrogens is 338 g/mol. The molecule has 1 saturated carbocycles. The highest BCUT2D eigenvalue weighted by Gasteiger charge is 2.30. The van der Waals surface area contributed by atoms with Gasteiger partial charge in [0, 0.05) is 47.2 Å². The van der Waals surface area contributed by atoms with Crippen LogP contribution < -0.4 is 5.32 Å². The Balaban J connectivity index is 1.41. The van der Waals surface area contributed by atoms with E-state index in [1.807, 2.05) is 35.2 Å². The summed E-state index contributed by atoms with van der Waals surface area (Å²) in [5.41, 5.74) is 3.82. The number of pyridine rings is 2. The fourth-order valence-electron chi connectivity index (χ4n) is 3.63. The maximum atomic E-state index is 4.62. The molecule has 1 aliphatic carbocycles. The fourth-order valence-corrected chi connectivity index (χ4v) is 3.63. The average molecular weight is 359 g/mol. The molecule has 1 N–H and O–H groups in total. The minimum atomic E-state index is 0.446. The van der Waals surface area contributed by atoms with E-state index in [1.54, 1.807) is 6.20 Å². The summed E-state index contributed by atoms with van der Waals surface area (Å²) >= 11 is 0. The highest BCUT2D eigenvalue weighted by Crippen LogP contribution is 2.28. The first-order chi connectivity index (χ1) is 13.2. The second-order valence-corrected chi connectivity index (χ2v) is 7.35. The van der Waals surface area contributed by atoms with Gasteiger partial charge >= 0.3 is 0 Å². The highest BCUT2D eigenvalue weighted by atomic mass is 15.3. The molecule has 5 rings (SSSR count). The predicted octanol–water partition coefficient (Wildman–Crippen LogP) is 2.84. The molecule has 1 fully saturated rings. The number of rotatable bonds is 4. The zero-order chi connectivity index (χ0) is 18.4. The van der Waals surface area contributed by atoms with Crippen LogP contribution in [0.2, 0.25) is 0 Å². The standard InChI is InChI=1S/C20H21N7/c1-26(2)16-9-15(10-16)24-20-23-12-18-17(5-7-27(18)25-20)14-8-13-4-3-6-21-19(13)22-11-14/h3-8,11-12,15-16H,9-10H2,1-2H3,(H,24,25)/t15-,16+. The summed E-state index contributed by atoms with van der Waals surface area (Å²) in [6.07, 6.45) is 9.71. The molecule has 1 aliphatic rings. The van der Waals surface area contributed by atoms with Crippen molar-refractivity contribution in [2.75, 3.05) is 19.4 Å². The fraction of sp³-hybridized carbons (Fsp3) is 0.300. The lowest BCUT2D eigenvalue weighted by molar-refractivity contribution is 0.177. The smallest absolute Gasteiger partial charge is 0.241 e. The molecule has 0 amide bonds. The van der Waals surface area contributed by atoms with Crippen LogP contribution in [0.3, 0.4) is 0 Å². The summed E-state index contributed by atoms with van der Waals surface area (Å²) in [5.74, 6) is 0.674. The number of fused-ring (bicyclic) bond motifs is 2. The van der Waals surface area contributed by atoms with Crippen LogP contribution in [0.15, 0.2) is 49.1 Å². The van der Waals surface area contributed by atoms with Crippen LogP contribution in [0.5, 0.6) is 0 Å². The van der Waals surface area contributed by atoms with Crippen molar-refractivity contribution in [2.24, 2.45) is 0 Å². The first kappa shape index (κ1) is 16.1. The Bertz CT molecular complexity index is 1110. The minimum absolute atomic E-state index is 0.446. The maximum absolute atomic E-state index is 4.62. The quantitative estimate of drug-likeness (QED) is 0.604. The molecule has 136 valence electrons. The van der Waals surface area contributed by atoms with Gasteiger partial charge in [-0.05, 0) is 51.2 Å². The third-order valence-electron chi connectivity index (χ3n) is 5.36. The largest absolute Gasteiger partial charge is 0.350 e. The highest BCUT2D eigenvalue weighted by molar-refractivity contribution is 5.86. The van der Waals surface area contributed by atoms with Crippen molar-refractivity contribution in [3.63, 3.8) is 0 Å². The third-order valence-corrected chi connectivity index (χ3v) is 5.36. The van der Waals surface area contributed by atoms with Gasteiger partial charge in [0.25, 0.3) is 0 Å². The van der Waals surface area contributed by atoms with E-state index in [4.69, 9.17) is 0 Å². The molecule has 0 radical (unpaired) electrons. The second-order valence-electron chi connectivity index (χ2n) is 7.35. The Labute approximate surface area is 157 Å². The summed E-state index contributed by atoms with van der Waals surface area (Å²) in [7, 11) is 4.25. The van der Waals surface area contributed by atoms with Gasteiger partial charge in [0.2, 0.25) is 5.95 Å². The lowest BCUT2D eigenvalue weighted by Gasteiger charge is -2.39. The third kappa shape index (κ3) is 2.90. The molecule has 0 spiro atoms. The van der Waals surface area contributed by atoms with Crippen LogP contribution in [0.25, 0.3) is 27.7 Å². The van der Waals surface area contributed by atoms with Gasteiger partial charge < -0.3 is 10.2 Å². The second kappa shape index (κ2) is 6.28. The Hall–Kier alpha value is -3.06. The molecular formula is C20H21N7. The van der Waals surface area contributed by atoms with Crippen LogP contribution >= 0.6 is 0 Å². The Morgan fingerprint density at radius 2 is 2.00 bits per heavy atom. The van der Waals surface area contributed by atoms with Crippen LogP contribution in [-0.2, 0) is 0 Å². The van der Waals surface area contributed by atoms with E-state index in [0.29, 0.717) is 18.0 Å². The normalized spacial score (nSPS) is 19.5. The van der Waals surface area contributed by atoms with E-state index in [2.05, 4.69) is 56.5 Å². The summed E-state index contributed by atoms with van der Waals surface area (Å²) in [6, 6.07) is 9.20. The predicted molar refractivity (Wildman–Crippen MR) is 106 cm³/mol. The molecule has 4 heterocycles. The van der Waals surface area contributed by atoms with Gasteiger partial charge in [-0.15, -0.1) is 5.10 Å². The summed E-state index contributed by atoms with van der Waals surface area (Å²) in [4.78, 5) is 15.5. The first-order valence-electron chi connectivity index (χ1n) is 9.16. The molecule has 0 aromatic carbocycles. The molecule has 4 aromatic heterocycles. The van der Waals surface area contributed by atoms with E-state index in [9.17, 15) is 0 Å². The molecule has 0 unspecified atom stereocenters. The Morgan fingerprint density at radius 3 is 2.85 bits per heavy atom. The van der Waals surface area contributed by atoms with Gasteiger partial charge in [-0.1, -0.05) is 0 Å². The van der Waals surface area contributed by atoms with Crippen LogP contribution in [0.4, 0.5) is 5.95 Å². The minimum Gasteiger partial charge on any atom is -0.350 e. The van der Waals surface area contributed by atoms with Gasteiger partial charge in [-0.2, -0.15) is 0 Å². The van der Waals surface area contributed by atoms with E-state index in [-0.39, 0.29) is 0 Å². The van der Waals surface area contributed by atoms with Crippen LogP contribution in [-0.4, -0.2) is 55.6 Å². The SMILES string of the molecule is CN(C)[C@H]1C[C@@H](Nc2ncc3c(-c4cnc5ncccc5c4)ccn3n2)C1.